The summed E-state index contributed by atoms with van der Waals surface area (Å²) in [6.07, 6.45) is 2.18. The molecule has 0 spiro atoms. The molecular formula is C21H23N2+. The first-order chi connectivity index (χ1) is 11.2. The first-order valence-electron chi connectivity index (χ1n) is 8.43. The van der Waals surface area contributed by atoms with Gasteiger partial charge in [-0.15, -0.1) is 0 Å². The highest BCUT2D eigenvalue weighted by Gasteiger charge is 2.25. The van der Waals surface area contributed by atoms with Crippen LogP contribution in [-0.4, -0.2) is 4.57 Å². The van der Waals surface area contributed by atoms with Crippen LogP contribution in [0.25, 0.3) is 5.69 Å². The maximum atomic E-state index is 2.45. The van der Waals surface area contributed by atoms with Crippen molar-refractivity contribution in [2.24, 2.45) is 0 Å². The molecule has 2 heterocycles. The standard InChI is InChI=1S/C21H22N2/c1-15(2)16-9-11-17(12-10-16)21-20-8-5-13-23(20)19-7-4-3-6-18(19)14-22-21/h3-13,15,21-22H,14H2,1-2H3/p+1/t21-/m1/s1. The Hall–Kier alpha value is -2.32. The number of quaternary nitrogens is 1. The van der Waals surface area contributed by atoms with E-state index in [1.165, 1.54) is 28.1 Å². The molecule has 2 aromatic carbocycles. The number of nitrogens with zero attached hydrogens (tertiary/aromatic N) is 1. The maximum absolute atomic E-state index is 2.45. The van der Waals surface area contributed by atoms with E-state index in [4.69, 9.17) is 0 Å². The minimum Gasteiger partial charge on any atom is -0.331 e. The zero-order valence-corrected chi connectivity index (χ0v) is 13.7. The van der Waals surface area contributed by atoms with Gasteiger partial charge >= 0.3 is 0 Å². The lowest BCUT2D eigenvalue weighted by atomic mass is 9.98. The Morgan fingerprint density at radius 1 is 0.957 bits per heavy atom. The predicted molar refractivity (Wildman–Crippen MR) is 93.8 cm³/mol. The summed E-state index contributed by atoms with van der Waals surface area (Å²) in [4.78, 5) is 0. The average Bonchev–Trinajstić information content (AvgIpc) is 2.99. The van der Waals surface area contributed by atoms with Crippen LogP contribution in [0.2, 0.25) is 0 Å². The Balaban J connectivity index is 1.77. The SMILES string of the molecule is CC(C)c1ccc([C@H]2[NH2+]Cc3ccccc3-n3cccc32)cc1. The molecule has 0 saturated heterocycles. The van der Waals surface area contributed by atoms with Gasteiger partial charge < -0.3 is 9.88 Å². The molecule has 0 aliphatic carbocycles. The van der Waals surface area contributed by atoms with Gasteiger partial charge in [0.15, 0.2) is 6.04 Å². The van der Waals surface area contributed by atoms with Gasteiger partial charge in [-0.3, -0.25) is 0 Å². The molecule has 0 bridgehead atoms. The fourth-order valence-electron chi connectivity index (χ4n) is 3.55. The van der Waals surface area contributed by atoms with E-state index in [1.807, 2.05) is 0 Å². The fraction of sp³-hybridized carbons (Fsp3) is 0.238. The summed E-state index contributed by atoms with van der Waals surface area (Å²) in [5.41, 5.74) is 6.84. The van der Waals surface area contributed by atoms with E-state index in [0.29, 0.717) is 12.0 Å². The van der Waals surface area contributed by atoms with Gasteiger partial charge in [0.25, 0.3) is 0 Å². The number of benzene rings is 2. The monoisotopic (exact) mass is 303 g/mol. The van der Waals surface area contributed by atoms with Crippen LogP contribution >= 0.6 is 0 Å². The number of fused-ring (bicyclic) bond motifs is 3. The maximum Gasteiger partial charge on any atom is 0.153 e. The number of para-hydroxylation sites is 1. The molecule has 0 saturated carbocycles. The van der Waals surface area contributed by atoms with Crippen molar-refractivity contribution in [2.45, 2.75) is 32.4 Å². The molecule has 23 heavy (non-hydrogen) atoms. The second-order valence-corrected chi connectivity index (χ2v) is 6.67. The Morgan fingerprint density at radius 3 is 2.52 bits per heavy atom. The zero-order chi connectivity index (χ0) is 15.8. The zero-order valence-electron chi connectivity index (χ0n) is 13.7. The summed E-state index contributed by atoms with van der Waals surface area (Å²) in [6.45, 7) is 5.50. The van der Waals surface area contributed by atoms with Crippen molar-refractivity contribution in [1.29, 1.82) is 0 Å². The summed E-state index contributed by atoms with van der Waals surface area (Å²) in [7, 11) is 0. The Bertz CT molecular complexity index is 812. The highest BCUT2D eigenvalue weighted by Crippen LogP contribution is 2.27. The topological polar surface area (TPSA) is 21.5 Å². The van der Waals surface area contributed by atoms with Gasteiger partial charge in [-0.05, 0) is 29.7 Å². The van der Waals surface area contributed by atoms with Crippen LogP contribution in [-0.2, 0) is 6.54 Å². The van der Waals surface area contributed by atoms with Crippen LogP contribution in [0.3, 0.4) is 0 Å². The van der Waals surface area contributed by atoms with E-state index in [-0.39, 0.29) is 0 Å². The summed E-state index contributed by atoms with van der Waals surface area (Å²) in [6, 6.07) is 22.6. The summed E-state index contributed by atoms with van der Waals surface area (Å²) >= 11 is 0. The summed E-state index contributed by atoms with van der Waals surface area (Å²) in [5, 5.41) is 2.45. The number of rotatable bonds is 2. The molecule has 1 aromatic heterocycles. The van der Waals surface area contributed by atoms with Crippen LogP contribution in [0.15, 0.2) is 66.9 Å². The van der Waals surface area contributed by atoms with Crippen LogP contribution in [0.1, 0.15) is 48.2 Å². The first kappa shape index (κ1) is 14.3. The molecule has 2 heteroatoms. The quantitative estimate of drug-likeness (QED) is 0.744. The van der Waals surface area contributed by atoms with Crippen molar-refractivity contribution in [2.75, 3.05) is 0 Å². The molecule has 1 atom stereocenters. The predicted octanol–water partition coefficient (Wildman–Crippen LogP) is 3.77. The lowest BCUT2D eigenvalue weighted by molar-refractivity contribution is -0.702. The molecule has 2 nitrogen and oxygen atoms in total. The lowest BCUT2D eigenvalue weighted by Crippen LogP contribution is -2.83. The van der Waals surface area contributed by atoms with Gasteiger partial charge in [-0.2, -0.15) is 0 Å². The minimum absolute atomic E-state index is 0.346. The van der Waals surface area contributed by atoms with Crippen molar-refractivity contribution in [3.8, 4) is 5.69 Å². The highest BCUT2D eigenvalue weighted by atomic mass is 15.1. The van der Waals surface area contributed by atoms with Crippen molar-refractivity contribution < 1.29 is 5.32 Å². The van der Waals surface area contributed by atoms with Crippen molar-refractivity contribution in [3.63, 3.8) is 0 Å². The van der Waals surface area contributed by atoms with Gasteiger partial charge in [0.1, 0.15) is 6.54 Å². The molecule has 1 aliphatic heterocycles. The third-order valence-corrected chi connectivity index (χ3v) is 4.89. The van der Waals surface area contributed by atoms with Crippen LogP contribution < -0.4 is 5.32 Å². The van der Waals surface area contributed by atoms with E-state index >= 15 is 0 Å². The molecule has 0 fully saturated rings. The second kappa shape index (κ2) is 5.71. The highest BCUT2D eigenvalue weighted by molar-refractivity contribution is 5.45. The lowest BCUT2D eigenvalue weighted by Gasteiger charge is -2.16. The van der Waals surface area contributed by atoms with Crippen LogP contribution in [0.5, 0.6) is 0 Å². The molecule has 3 aromatic rings. The first-order valence-corrected chi connectivity index (χ1v) is 8.43. The Morgan fingerprint density at radius 2 is 1.74 bits per heavy atom. The minimum atomic E-state index is 0.346. The Labute approximate surface area is 137 Å². The van der Waals surface area contributed by atoms with Crippen LogP contribution in [0, 0.1) is 0 Å². The van der Waals surface area contributed by atoms with Crippen LogP contribution in [0.4, 0.5) is 0 Å². The van der Waals surface area contributed by atoms with Gasteiger partial charge in [-0.1, -0.05) is 56.3 Å². The van der Waals surface area contributed by atoms with Gasteiger partial charge in [0.05, 0.1) is 11.4 Å². The largest absolute Gasteiger partial charge is 0.331 e. The number of hydrogen-bond acceptors (Lipinski definition) is 0. The summed E-state index contributed by atoms with van der Waals surface area (Å²) in [5.74, 6) is 0.579. The second-order valence-electron chi connectivity index (χ2n) is 6.67. The smallest absolute Gasteiger partial charge is 0.153 e. The van der Waals surface area contributed by atoms with E-state index in [9.17, 15) is 0 Å². The number of hydrogen-bond donors (Lipinski definition) is 1. The van der Waals surface area contributed by atoms with E-state index < -0.39 is 0 Å². The molecule has 0 amide bonds. The van der Waals surface area contributed by atoms with Gasteiger partial charge in [0.2, 0.25) is 0 Å². The molecule has 1 aliphatic rings. The third kappa shape index (κ3) is 2.49. The number of aromatic nitrogens is 1. The molecule has 0 unspecified atom stereocenters. The molecule has 2 N–H and O–H groups in total. The van der Waals surface area contributed by atoms with Crippen molar-refractivity contribution in [3.05, 3.63) is 89.2 Å². The van der Waals surface area contributed by atoms with Gasteiger partial charge in [0, 0.05) is 17.3 Å². The molecule has 4 rings (SSSR count). The molecular weight excluding hydrogens is 280 g/mol. The van der Waals surface area contributed by atoms with E-state index in [2.05, 4.69) is 90.6 Å². The summed E-state index contributed by atoms with van der Waals surface area (Å²) < 4.78 is 2.35. The van der Waals surface area contributed by atoms with Gasteiger partial charge in [-0.25, -0.2) is 0 Å². The van der Waals surface area contributed by atoms with E-state index in [1.54, 1.807) is 0 Å². The third-order valence-electron chi connectivity index (χ3n) is 4.89. The van der Waals surface area contributed by atoms with Crippen molar-refractivity contribution in [1.82, 2.24) is 4.57 Å². The van der Waals surface area contributed by atoms with Crippen molar-refractivity contribution >= 4 is 0 Å². The normalized spacial score (nSPS) is 16.7. The molecule has 116 valence electrons. The molecule has 0 radical (unpaired) electrons. The average molecular weight is 303 g/mol. The fourth-order valence-corrected chi connectivity index (χ4v) is 3.55. The van der Waals surface area contributed by atoms with E-state index in [0.717, 1.165) is 6.54 Å². The Kier molecular flexibility index (Phi) is 3.55. The number of nitrogens with two attached hydrogens (primary N) is 1.